The standard InChI is InChI=1S/C8H14O/c1-3-7-4-5-8(6-7)9-2/h5,7-8H,1,3-4,6H2,2H3. The fourth-order valence-electron chi connectivity index (χ4n) is 1.29. The molecule has 0 aromatic heterocycles. The van der Waals surface area contributed by atoms with E-state index in [0.717, 1.165) is 12.3 Å². The molecule has 1 rings (SSSR count). The van der Waals surface area contributed by atoms with Crippen LogP contribution in [0.1, 0.15) is 19.3 Å². The van der Waals surface area contributed by atoms with E-state index in [-0.39, 0.29) is 0 Å². The second kappa shape index (κ2) is 3.21. The summed E-state index contributed by atoms with van der Waals surface area (Å²) >= 11 is 0. The first-order valence-electron chi connectivity index (χ1n) is 3.52. The molecule has 1 saturated carbocycles. The van der Waals surface area contributed by atoms with Gasteiger partial charge in [0, 0.05) is 7.11 Å². The maximum Gasteiger partial charge on any atom is 0.0605 e. The van der Waals surface area contributed by atoms with E-state index in [1.807, 2.05) is 0 Å². The van der Waals surface area contributed by atoms with E-state index < -0.39 is 0 Å². The normalized spacial score (nSPS) is 35.3. The van der Waals surface area contributed by atoms with Crippen molar-refractivity contribution in [2.24, 2.45) is 5.92 Å². The van der Waals surface area contributed by atoms with Crippen molar-refractivity contribution < 1.29 is 4.74 Å². The molecule has 0 aliphatic heterocycles. The number of ether oxygens (including phenoxy) is 1. The van der Waals surface area contributed by atoms with Gasteiger partial charge >= 0.3 is 0 Å². The van der Waals surface area contributed by atoms with E-state index in [1.165, 1.54) is 12.8 Å². The van der Waals surface area contributed by atoms with Crippen molar-refractivity contribution in [3.05, 3.63) is 13.3 Å². The minimum Gasteiger partial charge on any atom is -0.381 e. The van der Waals surface area contributed by atoms with Crippen molar-refractivity contribution in [1.29, 1.82) is 0 Å². The summed E-state index contributed by atoms with van der Waals surface area (Å²) in [6, 6.07) is 0. The molecular formula is C8H14O. The van der Waals surface area contributed by atoms with E-state index in [4.69, 9.17) is 4.74 Å². The van der Waals surface area contributed by atoms with Gasteiger partial charge in [-0.15, -0.1) is 0 Å². The van der Waals surface area contributed by atoms with E-state index in [0.29, 0.717) is 6.10 Å². The first-order chi connectivity index (χ1) is 4.36. The van der Waals surface area contributed by atoms with Gasteiger partial charge in [-0.1, -0.05) is 13.3 Å². The molecule has 2 atom stereocenters. The van der Waals surface area contributed by atoms with Crippen molar-refractivity contribution >= 4 is 0 Å². The summed E-state index contributed by atoms with van der Waals surface area (Å²) in [4.78, 5) is 0. The summed E-state index contributed by atoms with van der Waals surface area (Å²) in [7, 11) is 1.77. The second-order valence-electron chi connectivity index (χ2n) is 2.64. The SMILES string of the molecule is [CH2]CC1C[CH]C(OC)C1. The monoisotopic (exact) mass is 126 g/mol. The molecule has 9 heavy (non-hydrogen) atoms. The Morgan fingerprint density at radius 1 is 1.78 bits per heavy atom. The van der Waals surface area contributed by atoms with Gasteiger partial charge in [-0.3, -0.25) is 0 Å². The molecule has 2 radical (unpaired) electrons. The molecule has 1 nitrogen and oxygen atoms in total. The Morgan fingerprint density at radius 3 is 2.89 bits per heavy atom. The van der Waals surface area contributed by atoms with E-state index in [9.17, 15) is 0 Å². The largest absolute Gasteiger partial charge is 0.381 e. The Morgan fingerprint density at radius 2 is 2.56 bits per heavy atom. The average molecular weight is 126 g/mol. The maximum atomic E-state index is 5.16. The summed E-state index contributed by atoms with van der Waals surface area (Å²) in [6.45, 7) is 3.86. The van der Waals surface area contributed by atoms with Crippen LogP contribution in [0, 0.1) is 19.3 Å². The molecule has 0 bridgehead atoms. The Kier molecular flexibility index (Phi) is 2.52. The minimum atomic E-state index is 0.414. The average Bonchev–Trinajstić information content (AvgIpc) is 2.34. The first-order valence-corrected chi connectivity index (χ1v) is 3.52. The molecule has 0 N–H and O–H groups in total. The lowest BCUT2D eigenvalue weighted by Gasteiger charge is -2.05. The Balaban J connectivity index is 2.20. The van der Waals surface area contributed by atoms with Crippen LogP contribution in [0.4, 0.5) is 0 Å². The third-order valence-electron chi connectivity index (χ3n) is 2.01. The number of methoxy groups -OCH3 is 1. The Bertz CT molecular complexity index is 70.6. The molecule has 0 spiro atoms. The van der Waals surface area contributed by atoms with E-state index in [1.54, 1.807) is 7.11 Å². The topological polar surface area (TPSA) is 9.23 Å². The predicted octanol–water partition coefficient (Wildman–Crippen LogP) is 1.84. The van der Waals surface area contributed by atoms with E-state index >= 15 is 0 Å². The molecule has 0 amide bonds. The number of rotatable bonds is 2. The van der Waals surface area contributed by atoms with Gasteiger partial charge in [0.2, 0.25) is 0 Å². The smallest absolute Gasteiger partial charge is 0.0605 e. The van der Waals surface area contributed by atoms with Gasteiger partial charge in [-0.05, 0) is 25.2 Å². The predicted molar refractivity (Wildman–Crippen MR) is 37.8 cm³/mol. The highest BCUT2D eigenvalue weighted by molar-refractivity contribution is 4.90. The molecule has 2 unspecified atom stereocenters. The highest BCUT2D eigenvalue weighted by Crippen LogP contribution is 2.28. The molecular weight excluding hydrogens is 112 g/mol. The Labute approximate surface area is 57.4 Å². The fourth-order valence-corrected chi connectivity index (χ4v) is 1.29. The fraction of sp³-hybridized carbons (Fsp3) is 0.750. The van der Waals surface area contributed by atoms with E-state index in [2.05, 4.69) is 13.3 Å². The lowest BCUT2D eigenvalue weighted by Crippen LogP contribution is -2.04. The van der Waals surface area contributed by atoms with Gasteiger partial charge in [0.25, 0.3) is 0 Å². The summed E-state index contributed by atoms with van der Waals surface area (Å²) in [5.41, 5.74) is 0. The van der Waals surface area contributed by atoms with Crippen LogP contribution in [-0.4, -0.2) is 13.2 Å². The first kappa shape index (κ1) is 7.07. The maximum absolute atomic E-state index is 5.16. The molecule has 0 aromatic rings. The molecule has 1 fully saturated rings. The van der Waals surface area contributed by atoms with Gasteiger partial charge < -0.3 is 4.74 Å². The lowest BCUT2D eigenvalue weighted by atomic mass is 10.1. The van der Waals surface area contributed by atoms with Crippen LogP contribution in [0.5, 0.6) is 0 Å². The van der Waals surface area contributed by atoms with Crippen LogP contribution in [0.2, 0.25) is 0 Å². The van der Waals surface area contributed by atoms with Gasteiger partial charge in [0.15, 0.2) is 0 Å². The number of hydrogen-bond acceptors (Lipinski definition) is 1. The summed E-state index contributed by atoms with van der Waals surface area (Å²) in [6.07, 6.45) is 6.09. The quantitative estimate of drug-likeness (QED) is 0.548. The van der Waals surface area contributed by atoms with Crippen LogP contribution in [-0.2, 0) is 4.74 Å². The third-order valence-corrected chi connectivity index (χ3v) is 2.01. The highest BCUT2D eigenvalue weighted by atomic mass is 16.5. The molecule has 1 heteroatoms. The zero-order valence-electron chi connectivity index (χ0n) is 5.97. The zero-order chi connectivity index (χ0) is 6.69. The van der Waals surface area contributed by atoms with Crippen LogP contribution in [0.3, 0.4) is 0 Å². The van der Waals surface area contributed by atoms with Crippen molar-refractivity contribution in [3.8, 4) is 0 Å². The molecule has 0 saturated heterocycles. The van der Waals surface area contributed by atoms with Crippen molar-refractivity contribution in [2.75, 3.05) is 7.11 Å². The van der Waals surface area contributed by atoms with Crippen LogP contribution < -0.4 is 0 Å². The highest BCUT2D eigenvalue weighted by Gasteiger charge is 2.22. The van der Waals surface area contributed by atoms with Gasteiger partial charge in [0.1, 0.15) is 0 Å². The lowest BCUT2D eigenvalue weighted by molar-refractivity contribution is 0.128. The summed E-state index contributed by atoms with van der Waals surface area (Å²) < 4.78 is 5.16. The molecule has 52 valence electrons. The van der Waals surface area contributed by atoms with Crippen LogP contribution in [0.25, 0.3) is 0 Å². The molecule has 0 heterocycles. The van der Waals surface area contributed by atoms with Gasteiger partial charge in [-0.2, -0.15) is 0 Å². The van der Waals surface area contributed by atoms with Crippen molar-refractivity contribution in [2.45, 2.75) is 25.4 Å². The minimum absolute atomic E-state index is 0.414. The molecule has 1 aliphatic carbocycles. The van der Waals surface area contributed by atoms with Gasteiger partial charge in [0.05, 0.1) is 6.10 Å². The third kappa shape index (κ3) is 1.68. The van der Waals surface area contributed by atoms with Crippen LogP contribution >= 0.6 is 0 Å². The number of hydrogen-bond donors (Lipinski definition) is 0. The van der Waals surface area contributed by atoms with Gasteiger partial charge in [-0.25, -0.2) is 0 Å². The molecule has 0 aromatic carbocycles. The molecule has 1 aliphatic rings. The summed E-state index contributed by atoms with van der Waals surface area (Å²) in [5, 5.41) is 0. The summed E-state index contributed by atoms with van der Waals surface area (Å²) in [5.74, 6) is 0.787. The second-order valence-corrected chi connectivity index (χ2v) is 2.64. The Hall–Kier alpha value is -0.0400. The van der Waals surface area contributed by atoms with Crippen molar-refractivity contribution in [3.63, 3.8) is 0 Å². The zero-order valence-corrected chi connectivity index (χ0v) is 5.97. The van der Waals surface area contributed by atoms with Crippen LogP contribution in [0.15, 0.2) is 0 Å². The van der Waals surface area contributed by atoms with Crippen molar-refractivity contribution in [1.82, 2.24) is 0 Å².